The Morgan fingerprint density at radius 1 is 1.50 bits per heavy atom. The number of aliphatic hydroxyl groups is 1. The molecular weight excluding hydrogens is 164 g/mol. The van der Waals surface area contributed by atoms with E-state index in [9.17, 15) is 5.11 Å². The van der Waals surface area contributed by atoms with Crippen LogP contribution < -0.4 is 0 Å². The second kappa shape index (κ2) is 3.27. The van der Waals surface area contributed by atoms with Gasteiger partial charge in [0.15, 0.2) is 6.29 Å². The average molecular weight is 176 g/mol. The van der Waals surface area contributed by atoms with E-state index in [1.807, 2.05) is 0 Å². The third-order valence-electron chi connectivity index (χ3n) is 2.15. The fourth-order valence-corrected chi connectivity index (χ4v) is 1.53. The second-order valence-electron chi connectivity index (χ2n) is 2.89. The Morgan fingerprint density at radius 2 is 2.33 bits per heavy atom. The van der Waals surface area contributed by atoms with Gasteiger partial charge in [-0.05, 0) is 0 Å². The molecule has 0 aromatic carbocycles. The first-order valence-electron chi connectivity index (χ1n) is 3.88. The first kappa shape index (κ1) is 8.40. The van der Waals surface area contributed by atoms with Crippen LogP contribution in [0.1, 0.15) is 0 Å². The van der Waals surface area contributed by atoms with E-state index in [2.05, 4.69) is 0 Å². The predicted octanol–water partition coefficient (Wildman–Crippen LogP) is -0.909. The number of hydrogen-bond donors (Lipinski definition) is 1. The Kier molecular flexibility index (Phi) is 2.29. The summed E-state index contributed by atoms with van der Waals surface area (Å²) in [5.74, 6) is 0. The lowest BCUT2D eigenvalue weighted by Crippen LogP contribution is -2.41. The van der Waals surface area contributed by atoms with Crippen molar-refractivity contribution in [3.8, 4) is 0 Å². The highest BCUT2D eigenvalue weighted by molar-refractivity contribution is 4.88. The second-order valence-corrected chi connectivity index (χ2v) is 2.89. The van der Waals surface area contributed by atoms with Crippen LogP contribution in [0.15, 0.2) is 0 Å². The van der Waals surface area contributed by atoms with Crippen molar-refractivity contribution in [2.75, 3.05) is 20.5 Å². The molecule has 1 unspecified atom stereocenters. The molecule has 0 saturated carbocycles. The molecule has 2 heterocycles. The third kappa shape index (κ3) is 1.23. The molecule has 0 aromatic rings. The van der Waals surface area contributed by atoms with Crippen molar-refractivity contribution in [3.63, 3.8) is 0 Å². The first-order chi connectivity index (χ1) is 5.83. The lowest BCUT2D eigenvalue weighted by Gasteiger charge is -2.25. The van der Waals surface area contributed by atoms with Crippen molar-refractivity contribution in [2.24, 2.45) is 0 Å². The Labute approximate surface area is 70.2 Å². The van der Waals surface area contributed by atoms with Gasteiger partial charge >= 0.3 is 0 Å². The van der Waals surface area contributed by atoms with E-state index in [0.717, 1.165) is 0 Å². The molecule has 0 aromatic heterocycles. The van der Waals surface area contributed by atoms with E-state index < -0.39 is 12.4 Å². The topological polar surface area (TPSA) is 57.2 Å². The third-order valence-corrected chi connectivity index (χ3v) is 2.15. The lowest BCUT2D eigenvalue weighted by atomic mass is 10.1. The van der Waals surface area contributed by atoms with Crippen LogP contribution in [0.2, 0.25) is 0 Å². The molecule has 5 heteroatoms. The van der Waals surface area contributed by atoms with E-state index in [1.54, 1.807) is 0 Å². The number of fused-ring (bicyclic) bond motifs is 1. The smallest absolute Gasteiger partial charge is 0.186 e. The van der Waals surface area contributed by atoms with Gasteiger partial charge in [0.1, 0.15) is 25.1 Å². The Bertz CT molecular complexity index is 160. The highest BCUT2D eigenvalue weighted by Crippen LogP contribution is 2.26. The molecule has 5 nitrogen and oxygen atoms in total. The molecule has 2 fully saturated rings. The normalized spacial score (nSPS) is 47.5. The summed E-state index contributed by atoms with van der Waals surface area (Å²) in [6, 6.07) is 0. The molecule has 0 radical (unpaired) electrons. The number of rotatable bonds is 1. The van der Waals surface area contributed by atoms with E-state index in [-0.39, 0.29) is 19.0 Å². The molecule has 12 heavy (non-hydrogen) atoms. The summed E-state index contributed by atoms with van der Waals surface area (Å²) in [6.07, 6.45) is -1.78. The van der Waals surface area contributed by atoms with Crippen LogP contribution in [-0.4, -0.2) is 50.2 Å². The molecule has 0 bridgehead atoms. The zero-order valence-electron chi connectivity index (χ0n) is 6.80. The monoisotopic (exact) mass is 176 g/mol. The van der Waals surface area contributed by atoms with Crippen LogP contribution in [-0.2, 0) is 18.9 Å². The Balaban J connectivity index is 2.03. The van der Waals surface area contributed by atoms with E-state index in [4.69, 9.17) is 18.9 Å². The molecule has 70 valence electrons. The maximum absolute atomic E-state index is 9.55. The standard InChI is InChI=1S/C7H12O5/c1-9-7-5(8)6-4(12-7)2-10-3-11-6/h4-8H,2-3H2,1H3/t4-,5?,6-,7+/m0/s1. The van der Waals surface area contributed by atoms with Crippen LogP contribution in [0.4, 0.5) is 0 Å². The molecule has 1 N–H and O–H groups in total. The Morgan fingerprint density at radius 3 is 3.00 bits per heavy atom. The fraction of sp³-hybridized carbons (Fsp3) is 1.00. The zero-order chi connectivity index (χ0) is 8.55. The summed E-state index contributed by atoms with van der Waals surface area (Å²) in [5.41, 5.74) is 0. The van der Waals surface area contributed by atoms with E-state index >= 15 is 0 Å². The van der Waals surface area contributed by atoms with Crippen molar-refractivity contribution in [2.45, 2.75) is 24.6 Å². The maximum atomic E-state index is 9.55. The molecule has 0 spiro atoms. The number of hydrogen-bond acceptors (Lipinski definition) is 5. The van der Waals surface area contributed by atoms with Crippen molar-refractivity contribution >= 4 is 0 Å². The summed E-state index contributed by atoms with van der Waals surface area (Å²) in [7, 11) is 1.49. The minimum Gasteiger partial charge on any atom is -0.385 e. The first-order valence-corrected chi connectivity index (χ1v) is 3.88. The molecular formula is C7H12O5. The van der Waals surface area contributed by atoms with Crippen LogP contribution in [0.3, 0.4) is 0 Å². The highest BCUT2D eigenvalue weighted by Gasteiger charge is 2.46. The van der Waals surface area contributed by atoms with Crippen molar-refractivity contribution in [1.82, 2.24) is 0 Å². The summed E-state index contributed by atoms with van der Waals surface area (Å²) in [6.45, 7) is 0.680. The number of ether oxygens (including phenoxy) is 4. The van der Waals surface area contributed by atoms with Gasteiger partial charge in [-0.2, -0.15) is 0 Å². The molecule has 2 aliphatic rings. The highest BCUT2D eigenvalue weighted by atomic mass is 16.8. The molecule has 2 saturated heterocycles. The van der Waals surface area contributed by atoms with Gasteiger partial charge in [0.05, 0.1) is 6.61 Å². The van der Waals surface area contributed by atoms with Gasteiger partial charge in [-0.3, -0.25) is 0 Å². The minimum atomic E-state index is -0.705. The lowest BCUT2D eigenvalue weighted by molar-refractivity contribution is -0.194. The average Bonchev–Trinajstić information content (AvgIpc) is 2.44. The quantitative estimate of drug-likeness (QED) is 0.560. The van der Waals surface area contributed by atoms with Gasteiger partial charge in [-0.25, -0.2) is 0 Å². The predicted molar refractivity (Wildman–Crippen MR) is 37.4 cm³/mol. The Hall–Kier alpha value is -0.200. The van der Waals surface area contributed by atoms with Gasteiger partial charge in [-0.1, -0.05) is 0 Å². The largest absolute Gasteiger partial charge is 0.385 e. The van der Waals surface area contributed by atoms with Gasteiger partial charge in [0.25, 0.3) is 0 Å². The molecule has 4 atom stereocenters. The van der Waals surface area contributed by atoms with Crippen LogP contribution in [0.5, 0.6) is 0 Å². The van der Waals surface area contributed by atoms with Gasteiger partial charge in [0, 0.05) is 7.11 Å². The van der Waals surface area contributed by atoms with Crippen molar-refractivity contribution in [3.05, 3.63) is 0 Å². The molecule has 0 amide bonds. The molecule has 2 rings (SSSR count). The summed E-state index contributed by atoms with van der Waals surface area (Å²) in [4.78, 5) is 0. The summed E-state index contributed by atoms with van der Waals surface area (Å²) in [5, 5.41) is 9.55. The molecule has 0 aliphatic carbocycles. The zero-order valence-corrected chi connectivity index (χ0v) is 6.80. The SMILES string of the molecule is CO[C@@H]1O[C@H]2COCO[C@@H]2C1O. The van der Waals surface area contributed by atoms with Crippen LogP contribution >= 0.6 is 0 Å². The van der Waals surface area contributed by atoms with E-state index in [0.29, 0.717) is 6.61 Å². The van der Waals surface area contributed by atoms with Crippen LogP contribution in [0.25, 0.3) is 0 Å². The van der Waals surface area contributed by atoms with Crippen LogP contribution in [0, 0.1) is 0 Å². The van der Waals surface area contributed by atoms with Crippen molar-refractivity contribution < 1.29 is 24.1 Å². The molecule has 2 aliphatic heterocycles. The van der Waals surface area contributed by atoms with Gasteiger partial charge in [0.2, 0.25) is 0 Å². The fourth-order valence-electron chi connectivity index (χ4n) is 1.53. The number of aliphatic hydroxyl groups excluding tert-OH is 1. The van der Waals surface area contributed by atoms with Gasteiger partial charge in [-0.15, -0.1) is 0 Å². The summed E-state index contributed by atoms with van der Waals surface area (Å²) >= 11 is 0. The minimum absolute atomic E-state index is 0.196. The van der Waals surface area contributed by atoms with Gasteiger partial charge < -0.3 is 24.1 Å². The van der Waals surface area contributed by atoms with Crippen molar-refractivity contribution in [1.29, 1.82) is 0 Å². The maximum Gasteiger partial charge on any atom is 0.186 e. The number of methoxy groups -OCH3 is 1. The summed E-state index contributed by atoms with van der Waals surface area (Å²) < 4.78 is 20.4. The van der Waals surface area contributed by atoms with E-state index in [1.165, 1.54) is 7.11 Å².